The number of hydrogen-bond acceptors (Lipinski definition) is 4. The smallest absolute Gasteiger partial charge is 0.315 e. The molecule has 0 amide bonds. The van der Waals surface area contributed by atoms with Gasteiger partial charge >= 0.3 is 11.7 Å². The minimum absolute atomic E-state index is 0.0189. The van der Waals surface area contributed by atoms with E-state index in [-0.39, 0.29) is 23.2 Å². The lowest BCUT2D eigenvalue weighted by atomic mass is 10.2. The van der Waals surface area contributed by atoms with Gasteiger partial charge in [0.25, 0.3) is 0 Å². The van der Waals surface area contributed by atoms with Crippen LogP contribution in [0.25, 0.3) is 0 Å². The van der Waals surface area contributed by atoms with Crippen LogP contribution < -0.4 is 4.74 Å². The standard InChI is InChI=1S/C12H13BrFNO5/c13-9-6-8(14)7-10(15(18)19)12(9)20-5-3-1-2-4-11(16)17/h6-7H,1-5H2,(H,16,17). The SMILES string of the molecule is O=C(O)CCCCCOc1c(Br)cc(F)cc1[N+](=O)[O-]. The molecule has 0 saturated carbocycles. The lowest BCUT2D eigenvalue weighted by molar-refractivity contribution is -0.386. The third-order valence-corrected chi connectivity index (χ3v) is 3.06. The molecule has 0 bridgehead atoms. The van der Waals surface area contributed by atoms with Crippen LogP contribution in [0.5, 0.6) is 5.75 Å². The summed E-state index contributed by atoms with van der Waals surface area (Å²) < 4.78 is 18.6. The van der Waals surface area contributed by atoms with Gasteiger partial charge in [-0.3, -0.25) is 14.9 Å². The highest BCUT2D eigenvalue weighted by Crippen LogP contribution is 2.36. The average Bonchev–Trinajstić information content (AvgIpc) is 2.34. The summed E-state index contributed by atoms with van der Waals surface area (Å²) in [6.07, 6.45) is 1.80. The maximum Gasteiger partial charge on any atom is 0.315 e. The fourth-order valence-corrected chi connectivity index (χ4v) is 2.09. The molecule has 0 radical (unpaired) electrons. The van der Waals surface area contributed by atoms with E-state index in [1.165, 1.54) is 0 Å². The Morgan fingerprint density at radius 3 is 2.70 bits per heavy atom. The van der Waals surface area contributed by atoms with Crippen LogP contribution >= 0.6 is 15.9 Å². The number of nitro benzene ring substituents is 1. The number of carbonyl (C=O) groups is 1. The van der Waals surface area contributed by atoms with Crippen LogP contribution in [0.15, 0.2) is 16.6 Å². The van der Waals surface area contributed by atoms with Gasteiger partial charge < -0.3 is 9.84 Å². The van der Waals surface area contributed by atoms with E-state index in [2.05, 4.69) is 15.9 Å². The number of rotatable bonds is 8. The molecule has 0 aliphatic carbocycles. The Morgan fingerprint density at radius 1 is 1.40 bits per heavy atom. The number of carboxylic acid groups (broad SMARTS) is 1. The van der Waals surface area contributed by atoms with Crippen molar-refractivity contribution >= 4 is 27.6 Å². The van der Waals surface area contributed by atoms with Gasteiger partial charge in [0.05, 0.1) is 22.1 Å². The zero-order valence-corrected chi connectivity index (χ0v) is 12.1. The number of nitro groups is 1. The molecule has 0 fully saturated rings. The monoisotopic (exact) mass is 349 g/mol. The Hall–Kier alpha value is -1.70. The van der Waals surface area contributed by atoms with Crippen LogP contribution in [0, 0.1) is 15.9 Å². The summed E-state index contributed by atoms with van der Waals surface area (Å²) in [4.78, 5) is 20.4. The maximum absolute atomic E-state index is 13.1. The largest absolute Gasteiger partial charge is 0.486 e. The van der Waals surface area contributed by atoms with Crippen molar-refractivity contribution in [2.75, 3.05) is 6.61 Å². The summed E-state index contributed by atoms with van der Waals surface area (Å²) in [7, 11) is 0. The molecule has 0 heterocycles. The summed E-state index contributed by atoms with van der Waals surface area (Å²) in [6.45, 7) is 0.199. The van der Waals surface area contributed by atoms with Gasteiger partial charge in [0.2, 0.25) is 5.75 Å². The number of unbranched alkanes of at least 4 members (excludes halogenated alkanes) is 2. The average molecular weight is 350 g/mol. The van der Waals surface area contributed by atoms with Crippen molar-refractivity contribution in [2.45, 2.75) is 25.7 Å². The fraction of sp³-hybridized carbons (Fsp3) is 0.417. The highest BCUT2D eigenvalue weighted by Gasteiger charge is 2.20. The van der Waals surface area contributed by atoms with Crippen molar-refractivity contribution in [2.24, 2.45) is 0 Å². The van der Waals surface area contributed by atoms with Gasteiger partial charge in [-0.1, -0.05) is 0 Å². The molecule has 0 unspecified atom stereocenters. The van der Waals surface area contributed by atoms with Crippen molar-refractivity contribution in [3.63, 3.8) is 0 Å². The molecule has 1 aromatic rings. The quantitative estimate of drug-likeness (QED) is 0.440. The van der Waals surface area contributed by atoms with Crippen molar-refractivity contribution in [1.29, 1.82) is 0 Å². The third-order valence-electron chi connectivity index (χ3n) is 2.47. The first kappa shape index (κ1) is 16.4. The van der Waals surface area contributed by atoms with Crippen molar-refractivity contribution in [3.8, 4) is 5.75 Å². The van der Waals surface area contributed by atoms with Crippen LogP contribution in [0.3, 0.4) is 0 Å². The van der Waals surface area contributed by atoms with Gasteiger partial charge in [-0.15, -0.1) is 0 Å². The second-order valence-electron chi connectivity index (χ2n) is 4.05. The molecule has 20 heavy (non-hydrogen) atoms. The van der Waals surface area contributed by atoms with Crippen molar-refractivity contribution < 1.29 is 24.0 Å². The van der Waals surface area contributed by atoms with E-state index in [0.29, 0.717) is 19.3 Å². The Kier molecular flexibility index (Phi) is 6.37. The van der Waals surface area contributed by atoms with Gasteiger partial charge in [0.1, 0.15) is 5.82 Å². The fourth-order valence-electron chi connectivity index (χ4n) is 1.55. The Bertz CT molecular complexity index is 509. The Morgan fingerprint density at radius 2 is 2.10 bits per heavy atom. The van der Waals surface area contributed by atoms with Gasteiger partial charge in [0, 0.05) is 6.42 Å². The predicted octanol–water partition coefficient (Wildman–Crippen LogP) is 3.52. The Labute approximate surface area is 122 Å². The third kappa shape index (κ3) is 5.12. The van der Waals surface area contributed by atoms with Gasteiger partial charge in [-0.25, -0.2) is 4.39 Å². The van der Waals surface area contributed by atoms with E-state index in [9.17, 15) is 19.3 Å². The lowest BCUT2D eigenvalue weighted by Gasteiger charge is -2.08. The minimum atomic E-state index is -0.858. The minimum Gasteiger partial charge on any atom is -0.486 e. The van der Waals surface area contributed by atoms with Crippen LogP contribution in [-0.2, 0) is 4.79 Å². The van der Waals surface area contributed by atoms with Crippen molar-refractivity contribution in [1.82, 2.24) is 0 Å². The highest BCUT2D eigenvalue weighted by atomic mass is 79.9. The molecule has 1 aromatic carbocycles. The van der Waals surface area contributed by atoms with E-state index in [1.54, 1.807) is 0 Å². The lowest BCUT2D eigenvalue weighted by Crippen LogP contribution is -2.02. The number of benzene rings is 1. The number of halogens is 2. The first-order valence-corrected chi connectivity index (χ1v) is 6.69. The molecule has 0 saturated heterocycles. The molecule has 8 heteroatoms. The number of carboxylic acids is 1. The van der Waals surface area contributed by atoms with E-state index >= 15 is 0 Å². The van der Waals surface area contributed by atoms with E-state index in [4.69, 9.17) is 9.84 Å². The predicted molar refractivity (Wildman–Crippen MR) is 72.4 cm³/mol. The summed E-state index contributed by atoms with van der Waals surface area (Å²) in [5.41, 5.74) is -0.442. The van der Waals surface area contributed by atoms with Crippen LogP contribution in [0.1, 0.15) is 25.7 Å². The summed E-state index contributed by atoms with van der Waals surface area (Å²) in [5, 5.41) is 19.3. The zero-order valence-electron chi connectivity index (χ0n) is 10.5. The van der Waals surface area contributed by atoms with E-state index < -0.39 is 22.4 Å². The molecule has 6 nitrogen and oxygen atoms in total. The molecule has 0 spiro atoms. The molecule has 1 N–H and O–H groups in total. The van der Waals surface area contributed by atoms with E-state index in [1.807, 2.05) is 0 Å². The van der Waals surface area contributed by atoms with E-state index in [0.717, 1.165) is 12.1 Å². The molecule has 110 valence electrons. The summed E-state index contributed by atoms with van der Waals surface area (Å²) in [5.74, 6) is -1.60. The molecular weight excluding hydrogens is 337 g/mol. The molecule has 0 aliphatic rings. The first-order chi connectivity index (χ1) is 9.41. The topological polar surface area (TPSA) is 89.7 Å². The normalized spacial score (nSPS) is 10.3. The molecule has 0 atom stereocenters. The molecule has 0 aromatic heterocycles. The van der Waals surface area contributed by atoms with Crippen LogP contribution in [-0.4, -0.2) is 22.6 Å². The number of nitrogens with zero attached hydrogens (tertiary/aromatic N) is 1. The molecule has 0 aliphatic heterocycles. The highest BCUT2D eigenvalue weighted by molar-refractivity contribution is 9.10. The maximum atomic E-state index is 13.1. The zero-order chi connectivity index (χ0) is 15.1. The van der Waals surface area contributed by atoms with Gasteiger partial charge in [0.15, 0.2) is 0 Å². The van der Waals surface area contributed by atoms with Crippen molar-refractivity contribution in [3.05, 3.63) is 32.5 Å². The van der Waals surface area contributed by atoms with Crippen LogP contribution in [0.4, 0.5) is 10.1 Å². The first-order valence-electron chi connectivity index (χ1n) is 5.90. The number of ether oxygens (including phenoxy) is 1. The molecule has 1 rings (SSSR count). The summed E-state index contributed by atoms with van der Waals surface area (Å²) in [6, 6.07) is 1.89. The van der Waals surface area contributed by atoms with Gasteiger partial charge in [-0.2, -0.15) is 0 Å². The number of aliphatic carboxylic acids is 1. The molecular formula is C12H13BrFNO5. The second kappa shape index (κ2) is 7.78. The number of hydrogen-bond donors (Lipinski definition) is 1. The van der Waals surface area contributed by atoms with Gasteiger partial charge in [-0.05, 0) is 41.3 Å². The van der Waals surface area contributed by atoms with Crippen LogP contribution in [0.2, 0.25) is 0 Å². The summed E-state index contributed by atoms with van der Waals surface area (Å²) >= 11 is 3.02. The second-order valence-corrected chi connectivity index (χ2v) is 4.90. The Balaban J connectivity index is 2.55.